The van der Waals surface area contributed by atoms with E-state index >= 15 is 0 Å². The van der Waals surface area contributed by atoms with E-state index in [1.54, 1.807) is 0 Å². The van der Waals surface area contributed by atoms with Gasteiger partial charge in [-0.25, -0.2) is 0 Å². The van der Waals surface area contributed by atoms with E-state index in [-0.39, 0.29) is 11.5 Å². The zero-order valence-corrected chi connectivity index (χ0v) is 11.9. The van der Waals surface area contributed by atoms with Gasteiger partial charge in [0.25, 0.3) is 5.91 Å². The molecule has 1 unspecified atom stereocenters. The SMILES string of the molecule is CNc1ccc(C(=O)NCC2(C)CCCO2)cc1C. The first-order chi connectivity index (χ1) is 9.04. The first-order valence-electron chi connectivity index (χ1n) is 6.75. The second-order valence-corrected chi connectivity index (χ2v) is 5.36. The normalized spacial score (nSPS) is 22.3. The second-order valence-electron chi connectivity index (χ2n) is 5.36. The van der Waals surface area contributed by atoms with Gasteiger partial charge in [0.05, 0.1) is 5.60 Å². The van der Waals surface area contributed by atoms with E-state index in [4.69, 9.17) is 4.74 Å². The molecule has 1 fully saturated rings. The summed E-state index contributed by atoms with van der Waals surface area (Å²) >= 11 is 0. The molecule has 1 aromatic carbocycles. The van der Waals surface area contributed by atoms with Gasteiger partial charge in [-0.1, -0.05) is 0 Å². The Morgan fingerprint density at radius 1 is 1.47 bits per heavy atom. The molecule has 1 aliphatic heterocycles. The number of hydrogen-bond acceptors (Lipinski definition) is 3. The van der Waals surface area contributed by atoms with Crippen LogP contribution >= 0.6 is 0 Å². The predicted molar refractivity (Wildman–Crippen MR) is 76.6 cm³/mol. The highest BCUT2D eigenvalue weighted by molar-refractivity contribution is 5.94. The molecule has 1 atom stereocenters. The first kappa shape index (κ1) is 13.9. The van der Waals surface area contributed by atoms with Crippen LogP contribution in [0.5, 0.6) is 0 Å². The van der Waals surface area contributed by atoms with Gasteiger partial charge in [0.2, 0.25) is 0 Å². The Kier molecular flexibility index (Phi) is 4.10. The summed E-state index contributed by atoms with van der Waals surface area (Å²) in [4.78, 5) is 12.1. The molecule has 0 spiro atoms. The molecule has 4 heteroatoms. The fourth-order valence-electron chi connectivity index (χ4n) is 2.43. The highest BCUT2D eigenvalue weighted by Gasteiger charge is 2.30. The van der Waals surface area contributed by atoms with Crippen molar-refractivity contribution in [1.29, 1.82) is 0 Å². The molecule has 0 bridgehead atoms. The molecule has 2 N–H and O–H groups in total. The van der Waals surface area contributed by atoms with Crippen molar-refractivity contribution in [1.82, 2.24) is 5.32 Å². The number of ether oxygens (including phenoxy) is 1. The molecule has 4 nitrogen and oxygen atoms in total. The number of carbonyl (C=O) groups excluding carboxylic acids is 1. The summed E-state index contributed by atoms with van der Waals surface area (Å²) in [5, 5.41) is 6.05. The average molecular weight is 262 g/mol. The van der Waals surface area contributed by atoms with Crippen molar-refractivity contribution in [3.63, 3.8) is 0 Å². The van der Waals surface area contributed by atoms with Crippen LogP contribution in [0.1, 0.15) is 35.7 Å². The van der Waals surface area contributed by atoms with Gasteiger partial charge in [-0.3, -0.25) is 4.79 Å². The van der Waals surface area contributed by atoms with E-state index in [0.717, 1.165) is 30.7 Å². The van der Waals surface area contributed by atoms with Crippen molar-refractivity contribution < 1.29 is 9.53 Å². The van der Waals surface area contributed by atoms with Crippen LogP contribution in [0.4, 0.5) is 5.69 Å². The Hall–Kier alpha value is -1.55. The van der Waals surface area contributed by atoms with Crippen LogP contribution in [-0.4, -0.2) is 31.7 Å². The van der Waals surface area contributed by atoms with E-state index in [9.17, 15) is 4.79 Å². The van der Waals surface area contributed by atoms with Crippen molar-refractivity contribution in [3.05, 3.63) is 29.3 Å². The maximum absolute atomic E-state index is 12.1. The van der Waals surface area contributed by atoms with Crippen LogP contribution in [0.2, 0.25) is 0 Å². The zero-order chi connectivity index (χ0) is 13.9. The number of aryl methyl sites for hydroxylation is 1. The van der Waals surface area contributed by atoms with Gasteiger partial charge in [0.15, 0.2) is 0 Å². The van der Waals surface area contributed by atoms with Gasteiger partial charge in [0, 0.05) is 31.5 Å². The minimum absolute atomic E-state index is 0.0394. The highest BCUT2D eigenvalue weighted by Crippen LogP contribution is 2.24. The van der Waals surface area contributed by atoms with Crippen LogP contribution in [0.25, 0.3) is 0 Å². The Balaban J connectivity index is 1.98. The first-order valence-corrected chi connectivity index (χ1v) is 6.75. The molecule has 19 heavy (non-hydrogen) atoms. The molecule has 1 heterocycles. The fraction of sp³-hybridized carbons (Fsp3) is 0.533. The number of nitrogens with one attached hydrogen (secondary N) is 2. The number of benzene rings is 1. The van der Waals surface area contributed by atoms with E-state index in [1.165, 1.54) is 0 Å². The average Bonchev–Trinajstić information content (AvgIpc) is 2.83. The zero-order valence-electron chi connectivity index (χ0n) is 11.9. The minimum atomic E-state index is -0.199. The number of anilines is 1. The largest absolute Gasteiger partial charge is 0.388 e. The lowest BCUT2D eigenvalue weighted by Crippen LogP contribution is -2.40. The van der Waals surface area contributed by atoms with Gasteiger partial charge < -0.3 is 15.4 Å². The van der Waals surface area contributed by atoms with Crippen molar-refractivity contribution >= 4 is 11.6 Å². The molecule has 0 aromatic heterocycles. The van der Waals surface area contributed by atoms with Gasteiger partial charge in [0.1, 0.15) is 0 Å². The third kappa shape index (κ3) is 3.26. The molecule has 1 amide bonds. The van der Waals surface area contributed by atoms with Crippen LogP contribution < -0.4 is 10.6 Å². The van der Waals surface area contributed by atoms with Crippen molar-refractivity contribution in [2.75, 3.05) is 25.5 Å². The molecule has 0 radical (unpaired) electrons. The van der Waals surface area contributed by atoms with E-state index in [0.29, 0.717) is 12.1 Å². The Labute approximate surface area is 114 Å². The lowest BCUT2D eigenvalue weighted by molar-refractivity contribution is 0.0206. The van der Waals surface area contributed by atoms with Crippen molar-refractivity contribution in [3.8, 4) is 0 Å². The van der Waals surface area contributed by atoms with Crippen molar-refractivity contribution in [2.24, 2.45) is 0 Å². The van der Waals surface area contributed by atoms with E-state index in [2.05, 4.69) is 17.6 Å². The lowest BCUT2D eigenvalue weighted by atomic mass is 10.0. The quantitative estimate of drug-likeness (QED) is 0.875. The Bertz CT molecular complexity index is 465. The summed E-state index contributed by atoms with van der Waals surface area (Å²) < 4.78 is 5.66. The summed E-state index contributed by atoms with van der Waals surface area (Å²) in [7, 11) is 1.88. The third-order valence-electron chi connectivity index (χ3n) is 3.68. The van der Waals surface area contributed by atoms with Crippen LogP contribution in [0, 0.1) is 6.92 Å². The minimum Gasteiger partial charge on any atom is -0.388 e. The molecule has 2 rings (SSSR count). The Morgan fingerprint density at radius 2 is 2.26 bits per heavy atom. The molecule has 104 valence electrons. The van der Waals surface area contributed by atoms with Gasteiger partial charge >= 0.3 is 0 Å². The summed E-state index contributed by atoms with van der Waals surface area (Å²) in [6.07, 6.45) is 2.08. The van der Waals surface area contributed by atoms with Gasteiger partial charge in [-0.2, -0.15) is 0 Å². The summed E-state index contributed by atoms with van der Waals surface area (Å²) in [6, 6.07) is 5.67. The fourth-order valence-corrected chi connectivity index (χ4v) is 2.43. The molecule has 0 aliphatic carbocycles. The third-order valence-corrected chi connectivity index (χ3v) is 3.68. The monoisotopic (exact) mass is 262 g/mol. The molecule has 1 aromatic rings. The predicted octanol–water partition coefficient (Wildman–Crippen LogP) is 2.34. The van der Waals surface area contributed by atoms with Crippen LogP contribution in [0.15, 0.2) is 18.2 Å². The van der Waals surface area contributed by atoms with Gasteiger partial charge in [-0.05, 0) is 50.5 Å². The van der Waals surface area contributed by atoms with E-state index < -0.39 is 0 Å². The maximum Gasteiger partial charge on any atom is 0.251 e. The van der Waals surface area contributed by atoms with Crippen LogP contribution in [-0.2, 0) is 4.74 Å². The number of carbonyl (C=O) groups is 1. The topological polar surface area (TPSA) is 50.4 Å². The number of rotatable bonds is 4. The molecule has 1 aliphatic rings. The molecular weight excluding hydrogens is 240 g/mol. The van der Waals surface area contributed by atoms with Gasteiger partial charge in [-0.15, -0.1) is 0 Å². The molecule has 1 saturated heterocycles. The maximum atomic E-state index is 12.1. The van der Waals surface area contributed by atoms with Crippen molar-refractivity contribution in [2.45, 2.75) is 32.3 Å². The summed E-state index contributed by atoms with van der Waals surface area (Å²) in [5.41, 5.74) is 2.61. The number of hydrogen-bond donors (Lipinski definition) is 2. The lowest BCUT2D eigenvalue weighted by Gasteiger charge is -2.23. The van der Waals surface area contributed by atoms with Crippen LogP contribution in [0.3, 0.4) is 0 Å². The second kappa shape index (κ2) is 5.61. The summed E-state index contributed by atoms with van der Waals surface area (Å²) in [5.74, 6) is -0.0394. The Morgan fingerprint density at radius 3 is 2.84 bits per heavy atom. The van der Waals surface area contributed by atoms with E-state index in [1.807, 2.05) is 32.2 Å². The smallest absolute Gasteiger partial charge is 0.251 e. The highest BCUT2D eigenvalue weighted by atomic mass is 16.5. The standard InChI is InChI=1S/C15H22N2O2/c1-11-9-12(5-6-13(11)16-3)14(18)17-10-15(2)7-4-8-19-15/h5-6,9,16H,4,7-8,10H2,1-3H3,(H,17,18). The molecular formula is C15H22N2O2. The molecule has 0 saturated carbocycles. The number of amides is 1. The summed E-state index contributed by atoms with van der Waals surface area (Å²) in [6.45, 7) is 5.40.